The Morgan fingerprint density at radius 2 is 2.11 bits per heavy atom. The zero-order valence-corrected chi connectivity index (χ0v) is 11.3. The van der Waals surface area contributed by atoms with Gasteiger partial charge in [-0.1, -0.05) is 23.2 Å². The average Bonchev–Trinajstić information content (AvgIpc) is 2.69. The van der Waals surface area contributed by atoms with Gasteiger partial charge in [-0.2, -0.15) is 5.10 Å². The number of rotatable bonds is 3. The lowest BCUT2D eigenvalue weighted by Gasteiger charge is -2.13. The van der Waals surface area contributed by atoms with Crippen molar-refractivity contribution in [2.24, 2.45) is 7.05 Å². The standard InChI is InChI=1S/C11H11Cl2N3O2/c1-16-10(8(18-2)5-15-16)11(17)9-7(13)3-6(12)4-14-9/h3-5,11,17H,1-2H3. The van der Waals surface area contributed by atoms with E-state index in [-0.39, 0.29) is 0 Å². The second kappa shape index (κ2) is 5.14. The molecule has 7 heteroatoms. The van der Waals surface area contributed by atoms with E-state index >= 15 is 0 Å². The van der Waals surface area contributed by atoms with Gasteiger partial charge in [0.1, 0.15) is 11.8 Å². The van der Waals surface area contributed by atoms with Crippen LogP contribution in [0.5, 0.6) is 5.75 Å². The van der Waals surface area contributed by atoms with Crippen LogP contribution in [0.25, 0.3) is 0 Å². The summed E-state index contributed by atoms with van der Waals surface area (Å²) in [6.07, 6.45) is 1.91. The summed E-state index contributed by atoms with van der Waals surface area (Å²) in [5.41, 5.74) is 0.789. The number of halogens is 2. The number of aryl methyl sites for hydroxylation is 1. The zero-order chi connectivity index (χ0) is 13.3. The molecule has 0 aliphatic heterocycles. The van der Waals surface area contributed by atoms with Crippen molar-refractivity contribution in [3.8, 4) is 5.75 Å². The average molecular weight is 288 g/mol. The van der Waals surface area contributed by atoms with Crippen molar-refractivity contribution in [3.05, 3.63) is 39.9 Å². The number of hydrogen-bond acceptors (Lipinski definition) is 4. The fourth-order valence-corrected chi connectivity index (χ4v) is 2.14. The highest BCUT2D eigenvalue weighted by molar-refractivity contribution is 6.34. The molecule has 0 aliphatic rings. The maximum absolute atomic E-state index is 10.3. The molecule has 2 aromatic heterocycles. The Kier molecular flexibility index (Phi) is 3.75. The Morgan fingerprint density at radius 1 is 1.39 bits per heavy atom. The van der Waals surface area contributed by atoms with Crippen LogP contribution in [0.4, 0.5) is 0 Å². The molecule has 0 aromatic carbocycles. The monoisotopic (exact) mass is 287 g/mol. The van der Waals surface area contributed by atoms with Crippen molar-refractivity contribution >= 4 is 23.2 Å². The summed E-state index contributed by atoms with van der Waals surface area (Å²) in [7, 11) is 3.20. The van der Waals surface area contributed by atoms with Crippen molar-refractivity contribution in [1.29, 1.82) is 0 Å². The molecular weight excluding hydrogens is 277 g/mol. The van der Waals surface area contributed by atoms with E-state index in [4.69, 9.17) is 27.9 Å². The minimum atomic E-state index is -1.03. The fraction of sp³-hybridized carbons (Fsp3) is 0.273. The Morgan fingerprint density at radius 3 is 2.72 bits per heavy atom. The van der Waals surface area contributed by atoms with E-state index in [1.165, 1.54) is 30.3 Å². The SMILES string of the molecule is COc1cnn(C)c1C(O)c1ncc(Cl)cc1Cl. The van der Waals surface area contributed by atoms with Gasteiger partial charge in [0.25, 0.3) is 0 Å². The first-order valence-corrected chi connectivity index (χ1v) is 5.85. The topological polar surface area (TPSA) is 60.2 Å². The quantitative estimate of drug-likeness (QED) is 0.940. The highest BCUT2D eigenvalue weighted by Crippen LogP contribution is 2.32. The predicted octanol–water partition coefficient (Wildman–Crippen LogP) is 2.21. The number of ether oxygens (including phenoxy) is 1. The molecule has 0 radical (unpaired) electrons. The molecule has 1 atom stereocenters. The molecule has 96 valence electrons. The zero-order valence-electron chi connectivity index (χ0n) is 9.76. The molecule has 0 fully saturated rings. The molecule has 18 heavy (non-hydrogen) atoms. The summed E-state index contributed by atoms with van der Waals surface area (Å²) in [5, 5.41) is 15.0. The van der Waals surface area contributed by atoms with Gasteiger partial charge in [-0.15, -0.1) is 0 Å². The number of pyridine rings is 1. The van der Waals surface area contributed by atoms with Gasteiger partial charge >= 0.3 is 0 Å². The van der Waals surface area contributed by atoms with Gasteiger partial charge in [0.2, 0.25) is 0 Å². The molecule has 0 saturated carbocycles. The Hall–Kier alpha value is -1.30. The third-order valence-electron chi connectivity index (χ3n) is 2.52. The second-order valence-corrected chi connectivity index (χ2v) is 4.49. The lowest BCUT2D eigenvalue weighted by atomic mass is 10.1. The molecule has 2 aromatic rings. The highest BCUT2D eigenvalue weighted by atomic mass is 35.5. The number of methoxy groups -OCH3 is 1. The number of aliphatic hydroxyl groups is 1. The van der Waals surface area contributed by atoms with Crippen LogP contribution in [0.2, 0.25) is 10.0 Å². The first kappa shape index (κ1) is 13.1. The second-order valence-electron chi connectivity index (χ2n) is 3.64. The molecule has 0 bridgehead atoms. The van der Waals surface area contributed by atoms with E-state index < -0.39 is 6.10 Å². The molecule has 0 aliphatic carbocycles. The van der Waals surface area contributed by atoms with Gasteiger partial charge in [-0.25, -0.2) is 0 Å². The summed E-state index contributed by atoms with van der Waals surface area (Å²) >= 11 is 11.8. The molecular formula is C11H11Cl2N3O2. The minimum Gasteiger partial charge on any atom is -0.493 e. The molecule has 5 nitrogen and oxygen atoms in total. The lowest BCUT2D eigenvalue weighted by Crippen LogP contribution is -2.10. The van der Waals surface area contributed by atoms with E-state index in [0.29, 0.717) is 27.2 Å². The van der Waals surface area contributed by atoms with Crippen molar-refractivity contribution in [3.63, 3.8) is 0 Å². The van der Waals surface area contributed by atoms with E-state index in [0.717, 1.165) is 0 Å². The molecule has 1 N–H and O–H groups in total. The van der Waals surface area contributed by atoms with Crippen LogP contribution in [0.15, 0.2) is 18.5 Å². The Labute approximate surface area is 114 Å². The third-order valence-corrected chi connectivity index (χ3v) is 3.03. The molecule has 0 amide bonds. The Bertz CT molecular complexity index is 571. The van der Waals surface area contributed by atoms with E-state index in [1.807, 2.05) is 0 Å². The normalized spacial score (nSPS) is 12.5. The predicted molar refractivity (Wildman–Crippen MR) is 68.1 cm³/mol. The van der Waals surface area contributed by atoms with Crippen LogP contribution in [-0.4, -0.2) is 27.0 Å². The highest BCUT2D eigenvalue weighted by Gasteiger charge is 2.23. The Balaban J connectivity index is 2.47. The van der Waals surface area contributed by atoms with Gasteiger partial charge < -0.3 is 9.84 Å². The maximum Gasteiger partial charge on any atom is 0.163 e. The van der Waals surface area contributed by atoms with Crippen molar-refractivity contribution < 1.29 is 9.84 Å². The van der Waals surface area contributed by atoms with E-state index in [9.17, 15) is 5.11 Å². The van der Waals surface area contributed by atoms with Gasteiger partial charge in [-0.3, -0.25) is 9.67 Å². The summed E-state index contributed by atoms with van der Waals surface area (Å²) in [6, 6.07) is 1.53. The minimum absolute atomic E-state index is 0.290. The van der Waals surface area contributed by atoms with Gasteiger partial charge in [-0.05, 0) is 6.07 Å². The molecule has 2 rings (SSSR count). The summed E-state index contributed by atoms with van der Waals surface area (Å²) in [5.74, 6) is 0.470. The lowest BCUT2D eigenvalue weighted by molar-refractivity contribution is 0.199. The van der Waals surface area contributed by atoms with Crippen LogP contribution in [0.1, 0.15) is 17.5 Å². The first-order chi connectivity index (χ1) is 8.54. The van der Waals surface area contributed by atoms with Crippen molar-refractivity contribution in [1.82, 2.24) is 14.8 Å². The number of hydrogen-bond donors (Lipinski definition) is 1. The summed E-state index contributed by atoms with van der Waals surface area (Å²) in [6.45, 7) is 0. The van der Waals surface area contributed by atoms with Crippen LogP contribution < -0.4 is 4.74 Å². The first-order valence-electron chi connectivity index (χ1n) is 5.09. The number of aliphatic hydroxyl groups excluding tert-OH is 1. The van der Waals surface area contributed by atoms with Gasteiger partial charge in [0.05, 0.1) is 29.0 Å². The number of aromatic nitrogens is 3. The van der Waals surface area contributed by atoms with Gasteiger partial charge in [0.15, 0.2) is 5.75 Å². The fourth-order valence-electron chi connectivity index (χ4n) is 1.65. The van der Waals surface area contributed by atoms with Crippen LogP contribution in [0, 0.1) is 0 Å². The number of nitrogens with zero attached hydrogens (tertiary/aromatic N) is 3. The van der Waals surface area contributed by atoms with E-state index in [1.54, 1.807) is 7.05 Å². The molecule has 1 unspecified atom stereocenters. The van der Waals surface area contributed by atoms with Crippen molar-refractivity contribution in [2.45, 2.75) is 6.10 Å². The smallest absolute Gasteiger partial charge is 0.163 e. The molecule has 0 saturated heterocycles. The van der Waals surface area contributed by atoms with Crippen molar-refractivity contribution in [2.75, 3.05) is 7.11 Å². The van der Waals surface area contributed by atoms with Crippen LogP contribution in [-0.2, 0) is 7.05 Å². The summed E-state index contributed by atoms with van der Waals surface area (Å²) < 4.78 is 6.64. The van der Waals surface area contributed by atoms with E-state index in [2.05, 4.69) is 10.1 Å². The van der Waals surface area contributed by atoms with Crippen LogP contribution in [0.3, 0.4) is 0 Å². The maximum atomic E-state index is 10.3. The molecule has 0 spiro atoms. The summed E-state index contributed by atoms with van der Waals surface area (Å²) in [4.78, 5) is 4.04. The molecule has 2 heterocycles. The third kappa shape index (κ3) is 2.29. The van der Waals surface area contributed by atoms with Gasteiger partial charge in [0, 0.05) is 13.2 Å². The largest absolute Gasteiger partial charge is 0.493 e. The van der Waals surface area contributed by atoms with Crippen LogP contribution >= 0.6 is 23.2 Å².